The van der Waals surface area contributed by atoms with E-state index in [4.69, 9.17) is 5.11 Å². The lowest BCUT2D eigenvalue weighted by Crippen LogP contribution is -2.49. The van der Waals surface area contributed by atoms with Gasteiger partial charge in [0.1, 0.15) is 6.04 Å². The second-order valence-corrected chi connectivity index (χ2v) is 7.33. The Bertz CT molecular complexity index is 523. The lowest BCUT2D eigenvalue weighted by atomic mass is 9.92. The van der Waals surface area contributed by atoms with Gasteiger partial charge in [-0.25, -0.2) is 4.79 Å². The molecule has 2 aliphatic rings. The average molecular weight is 402 g/mol. The molecule has 0 saturated carbocycles. The van der Waals surface area contributed by atoms with Crippen molar-refractivity contribution in [3.8, 4) is 0 Å². The van der Waals surface area contributed by atoms with Crippen LogP contribution in [0.5, 0.6) is 0 Å². The molecule has 154 valence electrons. The molecular formula is C19H32ClN3O4. The van der Waals surface area contributed by atoms with Gasteiger partial charge in [-0.3, -0.25) is 9.59 Å². The van der Waals surface area contributed by atoms with E-state index in [2.05, 4.69) is 17.2 Å². The molecule has 0 aliphatic carbocycles. The third-order valence-corrected chi connectivity index (χ3v) is 5.39. The number of halogens is 1. The van der Waals surface area contributed by atoms with E-state index >= 15 is 0 Å². The molecule has 0 aromatic rings. The van der Waals surface area contributed by atoms with Crippen molar-refractivity contribution in [2.24, 2.45) is 11.8 Å². The molecule has 0 aromatic heterocycles. The van der Waals surface area contributed by atoms with Crippen molar-refractivity contribution in [2.75, 3.05) is 26.2 Å². The van der Waals surface area contributed by atoms with Gasteiger partial charge < -0.3 is 20.6 Å². The number of piperidine rings is 2. The van der Waals surface area contributed by atoms with Gasteiger partial charge >= 0.3 is 5.97 Å². The van der Waals surface area contributed by atoms with Crippen LogP contribution in [-0.2, 0) is 14.4 Å². The molecule has 27 heavy (non-hydrogen) atoms. The summed E-state index contributed by atoms with van der Waals surface area (Å²) >= 11 is 0. The highest BCUT2D eigenvalue weighted by molar-refractivity contribution is 5.86. The minimum absolute atomic E-state index is 0. The lowest BCUT2D eigenvalue weighted by Gasteiger charge is -2.33. The minimum atomic E-state index is -1.07. The Labute approximate surface area is 167 Å². The first-order valence-electron chi connectivity index (χ1n) is 9.63. The molecule has 7 nitrogen and oxygen atoms in total. The number of hydrogen-bond acceptors (Lipinski definition) is 4. The molecule has 2 fully saturated rings. The van der Waals surface area contributed by atoms with Crippen molar-refractivity contribution < 1.29 is 19.5 Å². The Hall–Kier alpha value is -1.60. The predicted molar refractivity (Wildman–Crippen MR) is 106 cm³/mol. The van der Waals surface area contributed by atoms with Crippen molar-refractivity contribution >= 4 is 30.2 Å². The first-order chi connectivity index (χ1) is 12.5. The molecule has 2 rings (SSSR count). The monoisotopic (exact) mass is 401 g/mol. The van der Waals surface area contributed by atoms with E-state index in [-0.39, 0.29) is 36.6 Å². The van der Waals surface area contributed by atoms with Gasteiger partial charge in [-0.2, -0.15) is 0 Å². The third-order valence-electron chi connectivity index (χ3n) is 5.39. The van der Waals surface area contributed by atoms with Gasteiger partial charge in [-0.15, -0.1) is 19.0 Å². The zero-order chi connectivity index (χ0) is 18.9. The van der Waals surface area contributed by atoms with Crippen LogP contribution in [0.25, 0.3) is 0 Å². The molecule has 2 amide bonds. The number of nitrogens with one attached hydrogen (secondary N) is 2. The summed E-state index contributed by atoms with van der Waals surface area (Å²) in [5.74, 6) is -0.960. The van der Waals surface area contributed by atoms with Gasteiger partial charge in [0.25, 0.3) is 0 Å². The van der Waals surface area contributed by atoms with Crippen LogP contribution < -0.4 is 10.6 Å². The number of likely N-dealkylation sites (tertiary alicyclic amines) is 1. The number of rotatable bonds is 8. The summed E-state index contributed by atoms with van der Waals surface area (Å²) in [6, 6.07) is -0.953. The number of carbonyl (C=O) groups is 3. The first-order valence-corrected chi connectivity index (χ1v) is 9.63. The maximum Gasteiger partial charge on any atom is 0.326 e. The molecular weight excluding hydrogens is 370 g/mol. The minimum Gasteiger partial charge on any atom is -0.480 e. The Balaban J connectivity index is 0.00000364. The molecule has 2 heterocycles. The highest BCUT2D eigenvalue weighted by Crippen LogP contribution is 2.21. The van der Waals surface area contributed by atoms with E-state index in [0.717, 1.165) is 38.8 Å². The van der Waals surface area contributed by atoms with Crippen molar-refractivity contribution in [1.82, 2.24) is 15.5 Å². The number of nitrogens with zero attached hydrogens (tertiary/aromatic N) is 1. The number of carboxylic acids is 1. The topological polar surface area (TPSA) is 98.7 Å². The summed E-state index contributed by atoms with van der Waals surface area (Å²) in [5.41, 5.74) is 0. The summed E-state index contributed by atoms with van der Waals surface area (Å²) < 4.78 is 0. The van der Waals surface area contributed by atoms with E-state index in [9.17, 15) is 14.4 Å². The Morgan fingerprint density at radius 3 is 2.59 bits per heavy atom. The van der Waals surface area contributed by atoms with Crippen molar-refractivity contribution in [2.45, 2.75) is 51.0 Å². The van der Waals surface area contributed by atoms with Gasteiger partial charge in [0.2, 0.25) is 11.8 Å². The number of amides is 2. The second-order valence-electron chi connectivity index (χ2n) is 7.33. The Morgan fingerprint density at radius 1 is 1.26 bits per heavy atom. The van der Waals surface area contributed by atoms with Gasteiger partial charge in [0.05, 0.1) is 5.92 Å². The van der Waals surface area contributed by atoms with Crippen LogP contribution in [0.15, 0.2) is 12.7 Å². The van der Waals surface area contributed by atoms with Crippen LogP contribution in [0, 0.1) is 11.8 Å². The van der Waals surface area contributed by atoms with Crippen molar-refractivity contribution in [1.29, 1.82) is 0 Å². The molecule has 0 bridgehead atoms. The summed E-state index contributed by atoms with van der Waals surface area (Å²) in [6.07, 6.45) is 6.82. The highest BCUT2D eigenvalue weighted by Gasteiger charge is 2.30. The fourth-order valence-electron chi connectivity index (χ4n) is 3.75. The van der Waals surface area contributed by atoms with Crippen molar-refractivity contribution in [3.63, 3.8) is 0 Å². The second kappa shape index (κ2) is 12.0. The van der Waals surface area contributed by atoms with E-state index in [1.54, 1.807) is 4.90 Å². The van der Waals surface area contributed by atoms with E-state index in [1.807, 2.05) is 0 Å². The van der Waals surface area contributed by atoms with Gasteiger partial charge in [0.15, 0.2) is 0 Å². The number of carboxylic acid groups (broad SMARTS) is 1. The highest BCUT2D eigenvalue weighted by atomic mass is 35.5. The van der Waals surface area contributed by atoms with E-state index in [1.165, 1.54) is 6.08 Å². The summed E-state index contributed by atoms with van der Waals surface area (Å²) in [7, 11) is 0. The third kappa shape index (κ3) is 7.50. The van der Waals surface area contributed by atoms with Gasteiger partial charge in [-0.1, -0.05) is 6.08 Å². The Kier molecular flexibility index (Phi) is 10.4. The summed E-state index contributed by atoms with van der Waals surface area (Å²) in [5, 5.41) is 15.1. The smallest absolute Gasteiger partial charge is 0.326 e. The fourth-order valence-corrected chi connectivity index (χ4v) is 3.75. The van der Waals surface area contributed by atoms with Crippen LogP contribution in [0.2, 0.25) is 0 Å². The number of hydrogen-bond donors (Lipinski definition) is 3. The predicted octanol–water partition coefficient (Wildman–Crippen LogP) is 1.57. The molecule has 2 saturated heterocycles. The molecule has 8 heteroatoms. The maximum absolute atomic E-state index is 12.5. The molecule has 3 N–H and O–H groups in total. The average Bonchev–Trinajstić information content (AvgIpc) is 2.66. The van der Waals surface area contributed by atoms with Crippen LogP contribution in [-0.4, -0.2) is 60.0 Å². The SMILES string of the molecule is C=CC[C@H](NC(=O)[C@@H]1CCCN(C(=O)CCC2CCNCC2)C1)C(=O)O.Cl. The standard InChI is InChI=1S/C19H31N3O4.ClH/c1-2-4-16(19(25)26)21-18(24)15-5-3-12-22(13-15)17(23)7-6-14-8-10-20-11-9-14;/h2,14-16,20H,1,3-13H2,(H,21,24)(H,25,26);1H/t15-,16+;/m1./s1. The quantitative estimate of drug-likeness (QED) is 0.536. The van der Waals surface area contributed by atoms with Crippen LogP contribution in [0.3, 0.4) is 0 Å². The number of aliphatic carboxylic acids is 1. The molecule has 2 atom stereocenters. The lowest BCUT2D eigenvalue weighted by molar-refractivity contribution is -0.143. The maximum atomic E-state index is 12.5. The first kappa shape index (κ1) is 23.4. The zero-order valence-electron chi connectivity index (χ0n) is 15.8. The van der Waals surface area contributed by atoms with E-state index in [0.29, 0.717) is 31.8 Å². The zero-order valence-corrected chi connectivity index (χ0v) is 16.6. The van der Waals surface area contributed by atoms with Crippen molar-refractivity contribution in [3.05, 3.63) is 12.7 Å². The van der Waals surface area contributed by atoms with Crippen LogP contribution in [0.1, 0.15) is 44.9 Å². The largest absolute Gasteiger partial charge is 0.480 e. The fraction of sp³-hybridized carbons (Fsp3) is 0.737. The van der Waals surface area contributed by atoms with Crippen LogP contribution in [0.4, 0.5) is 0 Å². The molecule has 0 unspecified atom stereocenters. The number of carbonyl (C=O) groups excluding carboxylic acids is 2. The Morgan fingerprint density at radius 2 is 1.96 bits per heavy atom. The van der Waals surface area contributed by atoms with Gasteiger partial charge in [0, 0.05) is 19.5 Å². The van der Waals surface area contributed by atoms with Crippen LogP contribution >= 0.6 is 12.4 Å². The molecule has 0 spiro atoms. The molecule has 0 aromatic carbocycles. The summed E-state index contributed by atoms with van der Waals surface area (Å²) in [4.78, 5) is 37.9. The van der Waals surface area contributed by atoms with E-state index < -0.39 is 12.0 Å². The van der Waals surface area contributed by atoms with Gasteiger partial charge in [-0.05, 0) is 57.5 Å². The normalized spacial score (nSPS) is 21.6. The summed E-state index contributed by atoms with van der Waals surface area (Å²) in [6.45, 7) is 6.65. The molecule has 0 radical (unpaired) electrons. The molecule has 2 aliphatic heterocycles.